The fraction of sp³-hybridized carbons (Fsp3) is 0.500. The highest BCUT2D eigenvalue weighted by Gasteiger charge is 2.16. The Morgan fingerprint density at radius 1 is 1.38 bits per heavy atom. The average molecular weight is 236 g/mol. The van der Waals surface area contributed by atoms with Crippen LogP contribution >= 0.6 is 11.3 Å². The molecule has 16 heavy (non-hydrogen) atoms. The predicted molar refractivity (Wildman–Crippen MR) is 66.8 cm³/mol. The molecule has 0 fully saturated rings. The van der Waals surface area contributed by atoms with E-state index in [-0.39, 0.29) is 6.10 Å². The number of aryl methyl sites for hydroxylation is 1. The average Bonchev–Trinajstić information content (AvgIpc) is 2.75. The number of pyridine rings is 1. The molecule has 0 aliphatic heterocycles. The molecule has 2 heterocycles. The third kappa shape index (κ3) is 1.95. The molecule has 2 rings (SSSR count). The zero-order valence-electron chi connectivity index (χ0n) is 9.86. The molecule has 0 N–H and O–H groups in total. The SMILES string of the molecule is CCOC(C)c1c(CC)cnc2scnc12. The lowest BCUT2D eigenvalue weighted by atomic mass is 10.0. The molecular weight excluding hydrogens is 220 g/mol. The van der Waals surface area contributed by atoms with Gasteiger partial charge < -0.3 is 4.74 Å². The Morgan fingerprint density at radius 3 is 2.88 bits per heavy atom. The minimum Gasteiger partial charge on any atom is -0.374 e. The maximum Gasteiger partial charge on any atom is 0.143 e. The Bertz CT molecular complexity index is 481. The summed E-state index contributed by atoms with van der Waals surface area (Å²) in [4.78, 5) is 9.82. The van der Waals surface area contributed by atoms with Gasteiger partial charge >= 0.3 is 0 Å². The summed E-state index contributed by atoms with van der Waals surface area (Å²) in [5.41, 5.74) is 5.29. The molecule has 0 bridgehead atoms. The summed E-state index contributed by atoms with van der Waals surface area (Å²) in [6.45, 7) is 6.95. The first-order valence-corrected chi connectivity index (χ1v) is 6.48. The first kappa shape index (κ1) is 11.5. The Labute approximate surface area is 99.5 Å². The molecule has 4 heteroatoms. The minimum absolute atomic E-state index is 0.0903. The van der Waals surface area contributed by atoms with Gasteiger partial charge in [0, 0.05) is 18.4 Å². The molecule has 0 saturated carbocycles. The summed E-state index contributed by atoms with van der Waals surface area (Å²) in [6, 6.07) is 0. The van der Waals surface area contributed by atoms with Crippen LogP contribution in [0.1, 0.15) is 38.0 Å². The Hall–Kier alpha value is -1.00. The lowest BCUT2D eigenvalue weighted by Crippen LogP contribution is -2.05. The summed E-state index contributed by atoms with van der Waals surface area (Å²) >= 11 is 1.58. The van der Waals surface area contributed by atoms with Gasteiger partial charge in [-0.3, -0.25) is 0 Å². The van der Waals surface area contributed by atoms with E-state index in [1.807, 2.05) is 18.6 Å². The van der Waals surface area contributed by atoms with Crippen LogP contribution in [0.25, 0.3) is 10.3 Å². The van der Waals surface area contributed by atoms with Crippen LogP contribution in [-0.2, 0) is 11.2 Å². The van der Waals surface area contributed by atoms with Gasteiger partial charge in [-0.2, -0.15) is 0 Å². The normalized spacial score (nSPS) is 13.2. The number of hydrogen-bond acceptors (Lipinski definition) is 4. The predicted octanol–water partition coefficient (Wildman–Crippen LogP) is 3.35. The van der Waals surface area contributed by atoms with Crippen LogP contribution in [0.5, 0.6) is 0 Å². The molecule has 1 unspecified atom stereocenters. The van der Waals surface area contributed by atoms with E-state index < -0.39 is 0 Å². The fourth-order valence-electron chi connectivity index (χ4n) is 1.94. The number of fused-ring (bicyclic) bond motifs is 1. The minimum atomic E-state index is 0.0903. The van der Waals surface area contributed by atoms with Crippen molar-refractivity contribution in [1.82, 2.24) is 9.97 Å². The van der Waals surface area contributed by atoms with Crippen molar-refractivity contribution in [2.75, 3.05) is 6.61 Å². The van der Waals surface area contributed by atoms with E-state index in [2.05, 4.69) is 23.8 Å². The molecule has 0 radical (unpaired) electrons. The van der Waals surface area contributed by atoms with Crippen LogP contribution in [0.4, 0.5) is 0 Å². The summed E-state index contributed by atoms with van der Waals surface area (Å²) in [7, 11) is 0. The smallest absolute Gasteiger partial charge is 0.143 e. The van der Waals surface area contributed by atoms with E-state index in [4.69, 9.17) is 4.74 Å². The molecule has 0 aromatic carbocycles. The first-order valence-electron chi connectivity index (χ1n) is 5.60. The second kappa shape index (κ2) is 4.89. The van der Waals surface area contributed by atoms with Gasteiger partial charge in [-0.05, 0) is 25.8 Å². The van der Waals surface area contributed by atoms with Crippen molar-refractivity contribution in [2.45, 2.75) is 33.3 Å². The zero-order chi connectivity index (χ0) is 11.5. The van der Waals surface area contributed by atoms with Crippen LogP contribution in [0.3, 0.4) is 0 Å². The fourth-order valence-corrected chi connectivity index (χ4v) is 2.59. The number of thiazole rings is 1. The van der Waals surface area contributed by atoms with Crippen molar-refractivity contribution in [2.24, 2.45) is 0 Å². The number of aromatic nitrogens is 2. The largest absolute Gasteiger partial charge is 0.374 e. The molecule has 2 aromatic rings. The van der Waals surface area contributed by atoms with Gasteiger partial charge in [0.05, 0.1) is 11.6 Å². The molecule has 0 saturated heterocycles. The van der Waals surface area contributed by atoms with Crippen LogP contribution in [-0.4, -0.2) is 16.6 Å². The molecule has 0 aliphatic carbocycles. The molecule has 1 atom stereocenters. The standard InChI is InChI=1S/C12H16N2OS/c1-4-9-6-13-12-11(14-7-16-12)10(9)8(3)15-5-2/h6-8H,4-5H2,1-3H3. The Kier molecular flexibility index (Phi) is 3.51. The van der Waals surface area contributed by atoms with E-state index in [0.717, 1.165) is 23.4 Å². The van der Waals surface area contributed by atoms with E-state index in [0.29, 0.717) is 0 Å². The monoisotopic (exact) mass is 236 g/mol. The number of ether oxygens (including phenoxy) is 1. The summed E-state index contributed by atoms with van der Waals surface area (Å²) in [5.74, 6) is 0. The Balaban J connectivity index is 2.56. The highest BCUT2D eigenvalue weighted by Crippen LogP contribution is 2.29. The van der Waals surface area contributed by atoms with E-state index in [1.54, 1.807) is 11.3 Å². The quantitative estimate of drug-likeness (QED) is 0.816. The third-order valence-corrected chi connectivity index (χ3v) is 3.42. The third-order valence-electron chi connectivity index (χ3n) is 2.69. The molecule has 3 nitrogen and oxygen atoms in total. The van der Waals surface area contributed by atoms with E-state index in [9.17, 15) is 0 Å². The number of nitrogens with zero attached hydrogens (tertiary/aromatic N) is 2. The summed E-state index contributed by atoms with van der Waals surface area (Å²) < 4.78 is 5.68. The summed E-state index contributed by atoms with van der Waals surface area (Å²) in [6.07, 6.45) is 3.01. The molecule has 0 aliphatic rings. The molecule has 0 amide bonds. The van der Waals surface area contributed by atoms with E-state index in [1.165, 1.54) is 11.1 Å². The van der Waals surface area contributed by atoms with Gasteiger partial charge in [0.15, 0.2) is 0 Å². The molecule has 86 valence electrons. The van der Waals surface area contributed by atoms with Gasteiger partial charge in [0.2, 0.25) is 0 Å². The van der Waals surface area contributed by atoms with Gasteiger partial charge in [0.25, 0.3) is 0 Å². The second-order valence-electron chi connectivity index (χ2n) is 3.65. The highest BCUT2D eigenvalue weighted by molar-refractivity contribution is 7.16. The van der Waals surface area contributed by atoms with Crippen molar-refractivity contribution < 1.29 is 4.74 Å². The lowest BCUT2D eigenvalue weighted by molar-refractivity contribution is 0.0767. The molecule has 0 spiro atoms. The second-order valence-corrected chi connectivity index (χ2v) is 4.49. The van der Waals surface area contributed by atoms with Crippen LogP contribution in [0.2, 0.25) is 0 Å². The van der Waals surface area contributed by atoms with Gasteiger partial charge in [-0.15, -0.1) is 11.3 Å². The lowest BCUT2D eigenvalue weighted by Gasteiger charge is -2.15. The topological polar surface area (TPSA) is 35.0 Å². The van der Waals surface area contributed by atoms with E-state index >= 15 is 0 Å². The van der Waals surface area contributed by atoms with Gasteiger partial charge in [-0.1, -0.05) is 6.92 Å². The maximum atomic E-state index is 5.68. The number of rotatable bonds is 4. The molecule has 2 aromatic heterocycles. The van der Waals surface area contributed by atoms with Gasteiger partial charge in [0.1, 0.15) is 10.3 Å². The van der Waals surface area contributed by atoms with Crippen LogP contribution in [0.15, 0.2) is 11.7 Å². The molecular formula is C12H16N2OS. The Morgan fingerprint density at radius 2 is 2.19 bits per heavy atom. The maximum absolute atomic E-state index is 5.68. The van der Waals surface area contributed by atoms with Crippen molar-refractivity contribution in [3.63, 3.8) is 0 Å². The van der Waals surface area contributed by atoms with Gasteiger partial charge in [-0.25, -0.2) is 9.97 Å². The summed E-state index contributed by atoms with van der Waals surface area (Å²) in [5, 5.41) is 0. The first-order chi connectivity index (χ1) is 7.77. The van der Waals surface area contributed by atoms with Crippen LogP contribution in [0, 0.1) is 0 Å². The number of hydrogen-bond donors (Lipinski definition) is 0. The van der Waals surface area contributed by atoms with Crippen molar-refractivity contribution in [1.29, 1.82) is 0 Å². The highest BCUT2D eigenvalue weighted by atomic mass is 32.1. The van der Waals surface area contributed by atoms with Crippen molar-refractivity contribution in [3.05, 3.63) is 22.8 Å². The zero-order valence-corrected chi connectivity index (χ0v) is 10.7. The van der Waals surface area contributed by atoms with Crippen molar-refractivity contribution in [3.8, 4) is 0 Å². The van der Waals surface area contributed by atoms with Crippen molar-refractivity contribution >= 4 is 21.7 Å². The van der Waals surface area contributed by atoms with Crippen LogP contribution < -0.4 is 0 Å².